The Bertz CT molecular complexity index is 764. The molecular formula is C14H15N5OS. The summed E-state index contributed by atoms with van der Waals surface area (Å²) in [7, 11) is 0. The highest BCUT2D eigenvalue weighted by atomic mass is 32.2. The number of hydrogen-bond acceptors (Lipinski definition) is 6. The van der Waals surface area contributed by atoms with Crippen molar-refractivity contribution >= 4 is 11.8 Å². The molecule has 1 aromatic carbocycles. The Labute approximate surface area is 126 Å². The first kappa shape index (κ1) is 13.8. The van der Waals surface area contributed by atoms with Gasteiger partial charge in [0.15, 0.2) is 0 Å². The van der Waals surface area contributed by atoms with Gasteiger partial charge in [-0.25, -0.2) is 0 Å². The van der Waals surface area contributed by atoms with Crippen LogP contribution in [0.25, 0.3) is 5.69 Å². The summed E-state index contributed by atoms with van der Waals surface area (Å²) in [4.78, 5) is 0. The second-order valence-corrected chi connectivity index (χ2v) is 5.82. The van der Waals surface area contributed by atoms with E-state index in [-0.39, 0.29) is 0 Å². The number of nitrogens with zero attached hydrogens (tertiary/aromatic N) is 5. The Morgan fingerprint density at radius 2 is 2.05 bits per heavy atom. The van der Waals surface area contributed by atoms with Gasteiger partial charge in [-0.15, -0.1) is 5.10 Å². The molecular weight excluding hydrogens is 286 g/mol. The van der Waals surface area contributed by atoms with Crippen molar-refractivity contribution in [1.82, 2.24) is 25.4 Å². The van der Waals surface area contributed by atoms with Gasteiger partial charge in [-0.2, -0.15) is 4.68 Å². The van der Waals surface area contributed by atoms with Gasteiger partial charge in [0, 0.05) is 11.8 Å². The van der Waals surface area contributed by atoms with Crippen LogP contribution in [-0.2, 0) is 5.75 Å². The second-order valence-electron chi connectivity index (χ2n) is 4.88. The van der Waals surface area contributed by atoms with E-state index in [0.717, 1.165) is 27.9 Å². The summed E-state index contributed by atoms with van der Waals surface area (Å²) in [6.07, 6.45) is 0. The number of thioether (sulfide) groups is 1. The summed E-state index contributed by atoms with van der Waals surface area (Å²) in [5, 5.41) is 16.7. The molecule has 0 aliphatic rings. The molecule has 3 aromatic rings. The van der Waals surface area contributed by atoms with E-state index in [9.17, 15) is 0 Å². The molecule has 2 heterocycles. The minimum atomic E-state index is 0.669. The van der Waals surface area contributed by atoms with E-state index in [1.54, 1.807) is 4.68 Å². The second kappa shape index (κ2) is 5.69. The summed E-state index contributed by atoms with van der Waals surface area (Å²) < 4.78 is 6.82. The molecule has 0 bridgehead atoms. The molecule has 2 aromatic heterocycles. The third kappa shape index (κ3) is 2.97. The van der Waals surface area contributed by atoms with E-state index in [1.165, 1.54) is 17.3 Å². The maximum Gasteiger partial charge on any atom is 0.214 e. The third-order valence-corrected chi connectivity index (χ3v) is 4.00. The number of hydrogen-bond donors (Lipinski definition) is 0. The molecule has 0 saturated heterocycles. The first-order valence-corrected chi connectivity index (χ1v) is 7.53. The molecule has 0 radical (unpaired) electrons. The van der Waals surface area contributed by atoms with Gasteiger partial charge in [0.05, 0.1) is 11.4 Å². The lowest BCUT2D eigenvalue weighted by molar-refractivity contribution is 0.393. The highest BCUT2D eigenvalue weighted by Gasteiger charge is 2.12. The van der Waals surface area contributed by atoms with Gasteiger partial charge in [0.25, 0.3) is 0 Å². The van der Waals surface area contributed by atoms with Gasteiger partial charge in [0.2, 0.25) is 5.16 Å². The third-order valence-electron chi connectivity index (χ3n) is 3.05. The topological polar surface area (TPSA) is 69.6 Å². The minimum absolute atomic E-state index is 0.669. The highest BCUT2D eigenvalue weighted by Crippen LogP contribution is 2.24. The molecule has 6 nitrogen and oxygen atoms in total. The molecule has 21 heavy (non-hydrogen) atoms. The summed E-state index contributed by atoms with van der Waals surface area (Å²) in [5.74, 6) is 1.47. The lowest BCUT2D eigenvalue weighted by Gasteiger charge is -2.07. The van der Waals surface area contributed by atoms with Crippen molar-refractivity contribution in [1.29, 1.82) is 0 Å². The first-order chi connectivity index (χ1) is 10.1. The van der Waals surface area contributed by atoms with Crippen LogP contribution in [0.4, 0.5) is 0 Å². The number of benzene rings is 1. The zero-order valence-corrected chi connectivity index (χ0v) is 12.9. The van der Waals surface area contributed by atoms with Crippen molar-refractivity contribution in [3.8, 4) is 5.69 Å². The Morgan fingerprint density at radius 3 is 2.76 bits per heavy atom. The maximum atomic E-state index is 5.06. The van der Waals surface area contributed by atoms with Crippen LogP contribution in [0.3, 0.4) is 0 Å². The van der Waals surface area contributed by atoms with E-state index in [1.807, 2.05) is 19.1 Å². The Hall–Kier alpha value is -2.15. The van der Waals surface area contributed by atoms with Crippen LogP contribution >= 0.6 is 11.8 Å². The zero-order chi connectivity index (χ0) is 14.8. The van der Waals surface area contributed by atoms with Gasteiger partial charge < -0.3 is 4.52 Å². The van der Waals surface area contributed by atoms with Gasteiger partial charge in [-0.05, 0) is 42.8 Å². The van der Waals surface area contributed by atoms with E-state index >= 15 is 0 Å². The van der Waals surface area contributed by atoms with E-state index in [2.05, 4.69) is 46.7 Å². The van der Waals surface area contributed by atoms with Crippen molar-refractivity contribution in [2.75, 3.05) is 0 Å². The molecule has 3 rings (SSSR count). The number of aryl methyl sites for hydroxylation is 3. The number of tetrazole rings is 1. The minimum Gasteiger partial charge on any atom is -0.361 e. The predicted octanol–water partition coefficient (Wildman–Crippen LogP) is 2.87. The monoisotopic (exact) mass is 301 g/mol. The zero-order valence-electron chi connectivity index (χ0n) is 12.1. The molecule has 0 aliphatic carbocycles. The fourth-order valence-corrected chi connectivity index (χ4v) is 2.85. The average Bonchev–Trinajstić information content (AvgIpc) is 3.05. The summed E-state index contributed by atoms with van der Waals surface area (Å²) in [6, 6.07) is 8.12. The molecule has 0 saturated carbocycles. The Kier molecular flexibility index (Phi) is 3.74. The molecule has 0 unspecified atom stereocenters. The molecule has 0 aliphatic heterocycles. The van der Waals surface area contributed by atoms with Crippen LogP contribution in [0.15, 0.2) is 33.9 Å². The van der Waals surface area contributed by atoms with Crippen molar-refractivity contribution in [2.24, 2.45) is 0 Å². The van der Waals surface area contributed by atoms with Crippen molar-refractivity contribution in [2.45, 2.75) is 31.7 Å². The summed E-state index contributed by atoms with van der Waals surface area (Å²) in [6.45, 7) is 6.00. The molecule has 0 atom stereocenters. The highest BCUT2D eigenvalue weighted by molar-refractivity contribution is 7.98. The van der Waals surface area contributed by atoms with E-state index < -0.39 is 0 Å². The Morgan fingerprint density at radius 1 is 1.19 bits per heavy atom. The van der Waals surface area contributed by atoms with Crippen LogP contribution in [0.1, 0.15) is 22.6 Å². The molecule has 108 valence electrons. The summed E-state index contributed by atoms with van der Waals surface area (Å²) in [5.41, 5.74) is 4.23. The largest absolute Gasteiger partial charge is 0.361 e. The molecule has 0 fully saturated rings. The fraction of sp³-hybridized carbons (Fsp3) is 0.286. The van der Waals surface area contributed by atoms with Crippen LogP contribution in [0, 0.1) is 20.8 Å². The molecule has 7 heteroatoms. The van der Waals surface area contributed by atoms with Crippen LogP contribution in [0.2, 0.25) is 0 Å². The quantitative estimate of drug-likeness (QED) is 0.690. The van der Waals surface area contributed by atoms with Crippen LogP contribution < -0.4 is 0 Å². The normalized spacial score (nSPS) is 11.0. The van der Waals surface area contributed by atoms with Gasteiger partial charge in [-0.1, -0.05) is 34.6 Å². The fourth-order valence-electron chi connectivity index (χ4n) is 2.09. The Balaban J connectivity index is 1.83. The summed E-state index contributed by atoms with van der Waals surface area (Å²) >= 11 is 1.53. The molecule has 0 amide bonds. The van der Waals surface area contributed by atoms with Gasteiger partial charge in [0.1, 0.15) is 5.76 Å². The number of rotatable bonds is 4. The van der Waals surface area contributed by atoms with Crippen LogP contribution in [0.5, 0.6) is 0 Å². The van der Waals surface area contributed by atoms with Crippen molar-refractivity contribution in [3.05, 3.63) is 46.8 Å². The van der Waals surface area contributed by atoms with Crippen molar-refractivity contribution in [3.63, 3.8) is 0 Å². The smallest absolute Gasteiger partial charge is 0.214 e. The maximum absolute atomic E-state index is 5.06. The van der Waals surface area contributed by atoms with E-state index in [4.69, 9.17) is 4.52 Å². The lowest BCUT2D eigenvalue weighted by Crippen LogP contribution is -2.01. The van der Waals surface area contributed by atoms with Crippen LogP contribution in [-0.4, -0.2) is 25.4 Å². The standard InChI is InChI=1S/C14H15N5OS/c1-9-4-5-13(10(2)6-9)19-14(15-17-18-19)21-8-12-7-11(3)20-16-12/h4-7H,8H2,1-3H3. The van der Waals surface area contributed by atoms with Gasteiger partial charge >= 0.3 is 0 Å². The van der Waals surface area contributed by atoms with Gasteiger partial charge in [-0.3, -0.25) is 0 Å². The average molecular weight is 301 g/mol. The first-order valence-electron chi connectivity index (χ1n) is 6.54. The number of aromatic nitrogens is 5. The SMILES string of the molecule is Cc1ccc(-n2nnnc2SCc2cc(C)on2)c(C)c1. The lowest BCUT2D eigenvalue weighted by atomic mass is 10.1. The van der Waals surface area contributed by atoms with Crippen molar-refractivity contribution < 1.29 is 4.52 Å². The molecule has 0 N–H and O–H groups in total. The van der Waals surface area contributed by atoms with E-state index in [0.29, 0.717) is 5.75 Å². The predicted molar refractivity (Wildman–Crippen MR) is 79.4 cm³/mol. The molecule has 0 spiro atoms.